The largest absolute Gasteiger partial charge is 0.455 e. The molecule has 0 aliphatic rings. The summed E-state index contributed by atoms with van der Waals surface area (Å²) < 4.78 is 5.82. The topological polar surface area (TPSA) is 67.4 Å². The van der Waals surface area contributed by atoms with Crippen molar-refractivity contribution in [3.8, 4) is 11.5 Å². The number of benzene rings is 4. The molecule has 0 aliphatic carbocycles. The van der Waals surface area contributed by atoms with Crippen LogP contribution in [0.4, 0.5) is 5.69 Å². The van der Waals surface area contributed by atoms with Crippen molar-refractivity contribution in [2.24, 2.45) is 0 Å². The zero-order valence-electron chi connectivity index (χ0n) is 18.2. The molecule has 4 aromatic carbocycles. The van der Waals surface area contributed by atoms with E-state index in [2.05, 4.69) is 23.6 Å². The van der Waals surface area contributed by atoms with Gasteiger partial charge in [0.2, 0.25) is 0 Å². The molecule has 0 aliphatic heterocycles. The fourth-order valence-electron chi connectivity index (χ4n) is 3.22. The van der Waals surface area contributed by atoms with Crippen LogP contribution >= 0.6 is 0 Å². The van der Waals surface area contributed by atoms with E-state index in [0.29, 0.717) is 11.8 Å². The van der Waals surface area contributed by atoms with Crippen molar-refractivity contribution in [2.45, 2.75) is 6.92 Å². The first-order valence-corrected chi connectivity index (χ1v) is 10.3. The minimum atomic E-state index is -0.219. The van der Waals surface area contributed by atoms with Gasteiger partial charge < -0.3 is 20.2 Å². The summed E-state index contributed by atoms with van der Waals surface area (Å²) in [6.45, 7) is 2.10. The van der Waals surface area contributed by atoms with Gasteiger partial charge in [0.05, 0.1) is 12.2 Å². The van der Waals surface area contributed by atoms with Crippen LogP contribution in [-0.4, -0.2) is 25.8 Å². The number of anilines is 1. The van der Waals surface area contributed by atoms with E-state index >= 15 is 0 Å². The first kappa shape index (κ1) is 22.6. The van der Waals surface area contributed by atoms with E-state index in [1.807, 2.05) is 85.9 Å². The number of carbonyl (C=O) groups is 2. The van der Waals surface area contributed by atoms with Crippen molar-refractivity contribution in [1.29, 1.82) is 0 Å². The van der Waals surface area contributed by atoms with Gasteiger partial charge in [-0.15, -0.1) is 0 Å². The lowest BCUT2D eigenvalue weighted by atomic mass is 10.0. The Morgan fingerprint density at radius 2 is 1.62 bits per heavy atom. The van der Waals surface area contributed by atoms with Gasteiger partial charge in [0.25, 0.3) is 5.91 Å². The van der Waals surface area contributed by atoms with Crippen LogP contribution in [0.5, 0.6) is 11.5 Å². The van der Waals surface area contributed by atoms with E-state index in [0.717, 1.165) is 28.0 Å². The highest BCUT2D eigenvalue weighted by atomic mass is 16.5. The zero-order chi connectivity index (χ0) is 22.8. The van der Waals surface area contributed by atoms with Gasteiger partial charge >= 0.3 is 0 Å². The molecular formula is C27H26N2O3. The molecule has 0 bridgehead atoms. The summed E-state index contributed by atoms with van der Waals surface area (Å²) in [6, 6.07) is 29.1. The van der Waals surface area contributed by atoms with E-state index in [1.165, 1.54) is 5.56 Å². The van der Waals surface area contributed by atoms with Crippen LogP contribution in [0.3, 0.4) is 0 Å². The second kappa shape index (κ2) is 11.3. The number of aldehydes is 1. The summed E-state index contributed by atoms with van der Waals surface area (Å²) in [6.07, 6.45) is 0.670. The van der Waals surface area contributed by atoms with Gasteiger partial charge in [-0.25, -0.2) is 0 Å². The number of aryl methyl sites for hydroxylation is 1. The minimum absolute atomic E-state index is 0.0437. The number of ether oxygens (including phenoxy) is 1. The average molecular weight is 427 g/mol. The van der Waals surface area contributed by atoms with E-state index in [9.17, 15) is 9.59 Å². The number of nitrogens with one attached hydrogen (secondary N) is 2. The van der Waals surface area contributed by atoms with E-state index < -0.39 is 0 Å². The van der Waals surface area contributed by atoms with Crippen molar-refractivity contribution < 1.29 is 14.3 Å². The number of para-hydroxylation sites is 2. The Labute approximate surface area is 188 Å². The molecule has 1 amide bonds. The van der Waals surface area contributed by atoms with Crippen molar-refractivity contribution >= 4 is 28.7 Å². The van der Waals surface area contributed by atoms with Gasteiger partial charge in [0.1, 0.15) is 17.8 Å². The van der Waals surface area contributed by atoms with Gasteiger partial charge in [-0.3, -0.25) is 4.79 Å². The lowest BCUT2D eigenvalue weighted by Crippen LogP contribution is -2.25. The second-order valence-electron chi connectivity index (χ2n) is 7.07. The highest BCUT2D eigenvalue weighted by molar-refractivity contribution is 6.07. The summed E-state index contributed by atoms with van der Waals surface area (Å²) in [7, 11) is 1.89. The third-order valence-electron chi connectivity index (χ3n) is 4.75. The normalized spacial score (nSPS) is 9.94. The molecule has 0 unspecified atom stereocenters. The lowest BCUT2D eigenvalue weighted by Gasteiger charge is -2.10. The minimum Gasteiger partial charge on any atom is -0.455 e. The molecule has 0 atom stereocenters. The molecule has 5 heteroatoms. The van der Waals surface area contributed by atoms with Crippen LogP contribution < -0.4 is 15.4 Å². The maximum absolute atomic E-state index is 11.7. The molecule has 0 aromatic heterocycles. The van der Waals surface area contributed by atoms with Crippen LogP contribution in [0.1, 0.15) is 15.9 Å². The Bertz CT molecular complexity index is 1200. The summed E-state index contributed by atoms with van der Waals surface area (Å²) in [5.74, 6) is 1.49. The zero-order valence-corrected chi connectivity index (χ0v) is 18.2. The molecule has 162 valence electrons. The number of hydrogen-bond donors (Lipinski definition) is 2. The summed E-state index contributed by atoms with van der Waals surface area (Å²) in [4.78, 5) is 21.9. The molecule has 32 heavy (non-hydrogen) atoms. The highest BCUT2D eigenvalue weighted by Gasteiger charge is 2.08. The van der Waals surface area contributed by atoms with Gasteiger partial charge in [-0.05, 0) is 53.6 Å². The number of rotatable bonds is 6. The van der Waals surface area contributed by atoms with Gasteiger partial charge in [0, 0.05) is 12.6 Å². The molecule has 0 saturated carbocycles. The highest BCUT2D eigenvalue weighted by Crippen LogP contribution is 2.29. The predicted molar refractivity (Wildman–Crippen MR) is 130 cm³/mol. The molecule has 0 saturated heterocycles. The molecule has 2 N–H and O–H groups in total. The Hall–Kier alpha value is -4.12. The third-order valence-corrected chi connectivity index (χ3v) is 4.75. The molecule has 5 nitrogen and oxygen atoms in total. The van der Waals surface area contributed by atoms with E-state index in [4.69, 9.17) is 4.74 Å². The maximum Gasteiger partial charge on any atom is 0.252 e. The Balaban J connectivity index is 0.000000181. The summed E-state index contributed by atoms with van der Waals surface area (Å²) in [5.41, 5.74) is 2.78. The fourth-order valence-corrected chi connectivity index (χ4v) is 3.22. The van der Waals surface area contributed by atoms with E-state index in [-0.39, 0.29) is 12.5 Å². The Kier molecular flexibility index (Phi) is 7.98. The summed E-state index contributed by atoms with van der Waals surface area (Å²) >= 11 is 0. The van der Waals surface area contributed by atoms with Crippen LogP contribution in [-0.2, 0) is 4.79 Å². The molecule has 0 spiro atoms. The molecule has 4 rings (SSSR count). The molecule has 0 radical (unpaired) electrons. The SMILES string of the molecule is CNc1ccccc1Oc1cccc(C)c1.O=CCNC(=O)c1cccc2ccccc12. The maximum atomic E-state index is 11.7. The Morgan fingerprint density at radius 1 is 0.906 bits per heavy atom. The van der Waals surface area contributed by atoms with Crippen LogP contribution in [0.25, 0.3) is 10.8 Å². The molecule has 0 heterocycles. The van der Waals surface area contributed by atoms with Gasteiger partial charge in [0.15, 0.2) is 0 Å². The van der Waals surface area contributed by atoms with Crippen LogP contribution in [0.15, 0.2) is 91.0 Å². The monoisotopic (exact) mass is 426 g/mol. The first-order valence-electron chi connectivity index (χ1n) is 10.3. The summed E-state index contributed by atoms with van der Waals surface area (Å²) in [5, 5.41) is 7.55. The quantitative estimate of drug-likeness (QED) is 0.394. The number of amides is 1. The number of fused-ring (bicyclic) bond motifs is 1. The predicted octanol–water partition coefficient (Wildman–Crippen LogP) is 5.60. The second-order valence-corrected chi connectivity index (χ2v) is 7.07. The fraction of sp³-hybridized carbons (Fsp3) is 0.111. The lowest BCUT2D eigenvalue weighted by molar-refractivity contribution is -0.107. The number of hydrogen-bond acceptors (Lipinski definition) is 4. The number of carbonyl (C=O) groups excluding carboxylic acids is 2. The van der Waals surface area contributed by atoms with Gasteiger partial charge in [-0.2, -0.15) is 0 Å². The van der Waals surface area contributed by atoms with Crippen LogP contribution in [0.2, 0.25) is 0 Å². The smallest absolute Gasteiger partial charge is 0.252 e. The standard InChI is InChI=1S/C14H15NO.C13H11NO2/c1-11-6-5-7-12(10-11)16-14-9-4-3-8-13(14)15-2;15-9-8-14-13(16)12-7-3-5-10-4-1-2-6-11(10)12/h3-10,15H,1-2H3;1-7,9H,8H2,(H,14,16). The molecular weight excluding hydrogens is 400 g/mol. The van der Waals surface area contributed by atoms with E-state index in [1.54, 1.807) is 6.07 Å². The first-order chi connectivity index (χ1) is 15.6. The molecule has 4 aromatic rings. The van der Waals surface area contributed by atoms with Crippen LogP contribution in [0, 0.1) is 6.92 Å². The average Bonchev–Trinajstić information content (AvgIpc) is 2.83. The van der Waals surface area contributed by atoms with Crippen molar-refractivity contribution in [1.82, 2.24) is 5.32 Å². The van der Waals surface area contributed by atoms with Crippen molar-refractivity contribution in [3.63, 3.8) is 0 Å². The van der Waals surface area contributed by atoms with Crippen molar-refractivity contribution in [2.75, 3.05) is 18.9 Å². The van der Waals surface area contributed by atoms with Crippen molar-refractivity contribution in [3.05, 3.63) is 102 Å². The Morgan fingerprint density at radius 3 is 2.41 bits per heavy atom. The van der Waals surface area contributed by atoms with Gasteiger partial charge in [-0.1, -0.05) is 60.7 Å². The third kappa shape index (κ3) is 5.95. The molecule has 0 fully saturated rings.